The van der Waals surface area contributed by atoms with Crippen molar-refractivity contribution in [1.29, 1.82) is 5.26 Å². The highest BCUT2D eigenvalue weighted by Crippen LogP contribution is 2.31. The summed E-state index contributed by atoms with van der Waals surface area (Å²) in [5, 5.41) is 12.3. The second-order valence-corrected chi connectivity index (χ2v) is 8.51. The van der Waals surface area contributed by atoms with Crippen LogP contribution in [0.5, 0.6) is 0 Å². The van der Waals surface area contributed by atoms with E-state index in [0.29, 0.717) is 24.0 Å². The minimum absolute atomic E-state index is 0.127. The van der Waals surface area contributed by atoms with Crippen LogP contribution in [0.25, 0.3) is 39.5 Å². The van der Waals surface area contributed by atoms with Crippen LogP contribution in [0.15, 0.2) is 97.3 Å². The third-order valence-electron chi connectivity index (χ3n) is 6.08. The Morgan fingerprint density at radius 3 is 2.45 bits per heavy atom. The average Bonchev–Trinajstić information content (AvgIpc) is 3.35. The van der Waals surface area contributed by atoms with Crippen LogP contribution in [-0.2, 0) is 6.54 Å². The van der Waals surface area contributed by atoms with Crippen LogP contribution < -0.4 is 11.1 Å². The van der Waals surface area contributed by atoms with Gasteiger partial charge < -0.3 is 11.1 Å². The van der Waals surface area contributed by atoms with Gasteiger partial charge >= 0.3 is 0 Å². The van der Waals surface area contributed by atoms with E-state index in [1.807, 2.05) is 89.5 Å². The van der Waals surface area contributed by atoms with Crippen molar-refractivity contribution in [2.45, 2.75) is 6.54 Å². The van der Waals surface area contributed by atoms with Gasteiger partial charge in [-0.1, -0.05) is 42.5 Å². The van der Waals surface area contributed by atoms with E-state index in [4.69, 9.17) is 21.0 Å². The molecule has 0 fully saturated rings. The van der Waals surface area contributed by atoms with Crippen molar-refractivity contribution in [3.05, 3.63) is 109 Å². The number of rotatable bonds is 6. The van der Waals surface area contributed by atoms with Gasteiger partial charge in [0.25, 0.3) is 0 Å². The van der Waals surface area contributed by atoms with Gasteiger partial charge in [0, 0.05) is 30.2 Å². The molecule has 38 heavy (non-hydrogen) atoms. The minimum Gasteiger partial charge on any atom is -0.383 e. The van der Waals surface area contributed by atoms with Crippen molar-refractivity contribution < 1.29 is 0 Å². The Balaban J connectivity index is 1.41. The van der Waals surface area contributed by atoms with Gasteiger partial charge in [-0.05, 0) is 48.0 Å². The highest BCUT2D eigenvalue weighted by atomic mass is 15.1. The normalized spacial score (nSPS) is 10.8. The molecule has 0 aliphatic carbocycles. The molecular weight excluding hydrogens is 474 g/mol. The molecule has 0 unspecified atom stereocenters. The highest BCUT2D eigenvalue weighted by Gasteiger charge is 2.18. The number of fused-ring (bicyclic) bond motifs is 1. The fourth-order valence-electron chi connectivity index (χ4n) is 4.23. The first-order valence-electron chi connectivity index (χ1n) is 11.9. The molecule has 0 radical (unpaired) electrons. The molecule has 0 bridgehead atoms. The predicted octanol–water partition coefficient (Wildman–Crippen LogP) is 5.01. The summed E-state index contributed by atoms with van der Waals surface area (Å²) in [6, 6.07) is 29.5. The van der Waals surface area contributed by atoms with Gasteiger partial charge in [0.05, 0.1) is 11.3 Å². The number of anilines is 2. The Bertz CT molecular complexity index is 1790. The number of nitrogens with two attached hydrogens (primary N) is 1. The number of nitrogens with zero attached hydrogens (tertiary/aromatic N) is 7. The number of nitrogen functional groups attached to an aromatic ring is 1. The number of aromatic nitrogens is 6. The Labute approximate surface area is 218 Å². The van der Waals surface area contributed by atoms with Gasteiger partial charge in [-0.3, -0.25) is 4.57 Å². The summed E-state index contributed by atoms with van der Waals surface area (Å²) in [4.78, 5) is 22.2. The smallest absolute Gasteiger partial charge is 0.234 e. The molecule has 4 heterocycles. The van der Waals surface area contributed by atoms with Crippen LogP contribution in [0.1, 0.15) is 11.4 Å². The molecule has 6 rings (SSSR count). The van der Waals surface area contributed by atoms with E-state index in [9.17, 15) is 0 Å². The van der Waals surface area contributed by atoms with Crippen molar-refractivity contribution in [3.8, 4) is 34.4 Å². The van der Waals surface area contributed by atoms with Gasteiger partial charge in [0.1, 0.15) is 23.2 Å². The number of benzene rings is 2. The van der Waals surface area contributed by atoms with Crippen LogP contribution >= 0.6 is 0 Å². The zero-order chi connectivity index (χ0) is 25.9. The van der Waals surface area contributed by atoms with Gasteiger partial charge in [0.15, 0.2) is 11.5 Å². The third kappa shape index (κ3) is 4.38. The van der Waals surface area contributed by atoms with Gasteiger partial charge in [-0.2, -0.15) is 5.26 Å². The summed E-state index contributed by atoms with van der Waals surface area (Å²) in [5.41, 5.74) is 12.3. The van der Waals surface area contributed by atoms with Crippen molar-refractivity contribution in [1.82, 2.24) is 29.5 Å². The molecular formula is C29H21N9. The monoisotopic (exact) mass is 495 g/mol. The number of hydrogen-bond acceptors (Lipinski definition) is 8. The SMILES string of the molecule is N#Cc1nccc(NCc2ccc(-n3c(-c4cccnc4N)nc4ccc(-c5ccccc5)nc43)cc2)n1. The van der Waals surface area contributed by atoms with Crippen LogP contribution in [-0.4, -0.2) is 29.5 Å². The molecule has 0 saturated carbocycles. The largest absolute Gasteiger partial charge is 0.383 e. The predicted molar refractivity (Wildman–Crippen MR) is 146 cm³/mol. The molecule has 0 aliphatic rings. The molecule has 3 N–H and O–H groups in total. The molecule has 0 saturated heterocycles. The average molecular weight is 496 g/mol. The Morgan fingerprint density at radius 1 is 0.816 bits per heavy atom. The number of nitriles is 1. The molecule has 182 valence electrons. The summed E-state index contributed by atoms with van der Waals surface area (Å²) >= 11 is 0. The van der Waals surface area contributed by atoms with E-state index in [-0.39, 0.29) is 5.82 Å². The summed E-state index contributed by atoms with van der Waals surface area (Å²) in [7, 11) is 0. The topological polar surface area (TPSA) is 131 Å². The molecule has 0 spiro atoms. The zero-order valence-electron chi connectivity index (χ0n) is 20.2. The Kier molecular flexibility index (Phi) is 5.88. The maximum absolute atomic E-state index is 9.02. The molecule has 9 nitrogen and oxygen atoms in total. The molecule has 2 aromatic carbocycles. The van der Waals surface area contributed by atoms with Crippen LogP contribution in [0.4, 0.5) is 11.6 Å². The first-order chi connectivity index (χ1) is 18.7. The van der Waals surface area contributed by atoms with Crippen LogP contribution in [0.3, 0.4) is 0 Å². The lowest BCUT2D eigenvalue weighted by Crippen LogP contribution is -2.04. The summed E-state index contributed by atoms with van der Waals surface area (Å²) in [6.07, 6.45) is 3.22. The van der Waals surface area contributed by atoms with E-state index in [0.717, 1.165) is 39.2 Å². The Morgan fingerprint density at radius 2 is 1.66 bits per heavy atom. The van der Waals surface area contributed by atoms with Crippen molar-refractivity contribution in [2.24, 2.45) is 0 Å². The van der Waals surface area contributed by atoms with Crippen molar-refractivity contribution in [2.75, 3.05) is 11.1 Å². The van der Waals surface area contributed by atoms with E-state index in [1.54, 1.807) is 18.5 Å². The summed E-state index contributed by atoms with van der Waals surface area (Å²) in [6.45, 7) is 0.533. The third-order valence-corrected chi connectivity index (χ3v) is 6.08. The maximum Gasteiger partial charge on any atom is 0.234 e. The maximum atomic E-state index is 9.02. The number of nitrogens with one attached hydrogen (secondary N) is 1. The highest BCUT2D eigenvalue weighted by molar-refractivity contribution is 5.84. The second kappa shape index (κ2) is 9.79. The lowest BCUT2D eigenvalue weighted by atomic mass is 10.1. The number of hydrogen-bond donors (Lipinski definition) is 2. The lowest BCUT2D eigenvalue weighted by molar-refractivity contribution is 1.05. The standard InChI is InChI=1S/C29H21N9/c30-17-26-32-16-14-25(37-26)34-18-19-8-10-21(11-9-19)38-28(22-7-4-15-33-27(22)31)36-24-13-12-23(35-29(24)38)20-5-2-1-3-6-20/h1-16H,18H2,(H2,31,33)(H,32,34,37). The van der Waals surface area contributed by atoms with Gasteiger partial charge in [-0.25, -0.2) is 24.9 Å². The van der Waals surface area contributed by atoms with Crippen LogP contribution in [0, 0.1) is 11.3 Å². The van der Waals surface area contributed by atoms with E-state index < -0.39 is 0 Å². The van der Waals surface area contributed by atoms with Crippen LogP contribution in [0.2, 0.25) is 0 Å². The fourth-order valence-corrected chi connectivity index (χ4v) is 4.23. The number of pyridine rings is 2. The first kappa shape index (κ1) is 22.8. The summed E-state index contributed by atoms with van der Waals surface area (Å²) < 4.78 is 2.01. The molecule has 9 heteroatoms. The molecule has 0 aliphatic heterocycles. The second-order valence-electron chi connectivity index (χ2n) is 8.51. The number of imidazole rings is 1. The molecule has 0 atom stereocenters. The lowest BCUT2D eigenvalue weighted by Gasteiger charge is -2.12. The molecule has 0 amide bonds. The molecule has 4 aromatic heterocycles. The zero-order valence-corrected chi connectivity index (χ0v) is 20.2. The Hall–Kier alpha value is -5.62. The molecule has 6 aromatic rings. The van der Waals surface area contributed by atoms with E-state index in [2.05, 4.69) is 20.3 Å². The first-order valence-corrected chi connectivity index (χ1v) is 11.9. The van der Waals surface area contributed by atoms with E-state index >= 15 is 0 Å². The van der Waals surface area contributed by atoms with Gasteiger partial charge in [0.2, 0.25) is 5.82 Å². The quantitative estimate of drug-likeness (QED) is 0.330. The van der Waals surface area contributed by atoms with Crippen molar-refractivity contribution >= 4 is 22.8 Å². The van der Waals surface area contributed by atoms with E-state index in [1.165, 1.54) is 0 Å². The van der Waals surface area contributed by atoms with Gasteiger partial charge in [-0.15, -0.1) is 0 Å². The summed E-state index contributed by atoms with van der Waals surface area (Å²) in [5.74, 6) is 1.78. The minimum atomic E-state index is 0.127. The fraction of sp³-hybridized carbons (Fsp3) is 0.0345. The van der Waals surface area contributed by atoms with Crippen molar-refractivity contribution in [3.63, 3.8) is 0 Å².